The third kappa shape index (κ3) is 4.93. The number of ether oxygens (including phenoxy) is 1. The van der Waals surface area contributed by atoms with Crippen molar-refractivity contribution in [1.29, 1.82) is 0 Å². The molecule has 2 atom stereocenters. The summed E-state index contributed by atoms with van der Waals surface area (Å²) in [4.78, 5) is 27.0. The van der Waals surface area contributed by atoms with Crippen molar-refractivity contribution in [2.75, 3.05) is 37.1 Å². The highest BCUT2D eigenvalue weighted by molar-refractivity contribution is 5.98. The van der Waals surface area contributed by atoms with Crippen LogP contribution in [0.3, 0.4) is 0 Å². The predicted octanol–water partition coefficient (Wildman–Crippen LogP) is 3.88. The maximum absolute atomic E-state index is 5.69. The van der Waals surface area contributed by atoms with Crippen molar-refractivity contribution < 1.29 is 9.57 Å². The zero-order valence-corrected chi connectivity index (χ0v) is 22.2. The second-order valence-corrected chi connectivity index (χ2v) is 11.2. The third-order valence-corrected chi connectivity index (χ3v) is 8.90. The number of hydroxylamine groups is 1. The fraction of sp³-hybridized carbons (Fsp3) is 0.704. The third-order valence-electron chi connectivity index (χ3n) is 8.90. The molecular formula is C27H40N8O2. The highest BCUT2D eigenvalue weighted by atomic mass is 16.7. The van der Waals surface area contributed by atoms with Gasteiger partial charge in [0.1, 0.15) is 5.52 Å². The molecule has 0 amide bonds. The molecule has 2 N–H and O–H groups in total. The Morgan fingerprint density at radius 2 is 2.00 bits per heavy atom. The lowest BCUT2D eigenvalue weighted by Gasteiger charge is -2.32. The Hall–Kier alpha value is -2.72. The summed E-state index contributed by atoms with van der Waals surface area (Å²) >= 11 is 0. The smallest absolute Gasteiger partial charge is 0.208 e. The van der Waals surface area contributed by atoms with E-state index >= 15 is 0 Å². The molecule has 2 aromatic rings. The van der Waals surface area contributed by atoms with E-state index in [-0.39, 0.29) is 12.8 Å². The molecule has 0 radical (unpaired) electrons. The number of rotatable bonds is 9. The van der Waals surface area contributed by atoms with Gasteiger partial charge in [0.25, 0.3) is 0 Å². The van der Waals surface area contributed by atoms with Gasteiger partial charge in [-0.25, -0.2) is 20.4 Å². The Balaban J connectivity index is 1.42. The van der Waals surface area contributed by atoms with E-state index in [0.717, 1.165) is 43.3 Å². The summed E-state index contributed by atoms with van der Waals surface area (Å²) in [5.41, 5.74) is 4.56. The Bertz CT molecular complexity index is 1150. The fourth-order valence-electron chi connectivity index (χ4n) is 6.23. The van der Waals surface area contributed by atoms with Crippen molar-refractivity contribution in [1.82, 2.24) is 25.0 Å². The predicted molar refractivity (Wildman–Crippen MR) is 145 cm³/mol. The lowest BCUT2D eigenvalue weighted by Crippen LogP contribution is -2.32. The highest BCUT2D eigenvalue weighted by Gasteiger charge is 2.32. The molecule has 2 aromatic heterocycles. The van der Waals surface area contributed by atoms with Crippen molar-refractivity contribution in [2.24, 2.45) is 22.7 Å². The van der Waals surface area contributed by atoms with Crippen LogP contribution < -0.4 is 15.7 Å². The zero-order valence-electron chi connectivity index (χ0n) is 22.2. The molecule has 10 heteroatoms. The van der Waals surface area contributed by atoms with Crippen LogP contribution in [0.1, 0.15) is 64.1 Å². The lowest BCUT2D eigenvalue weighted by molar-refractivity contribution is 0.115. The summed E-state index contributed by atoms with van der Waals surface area (Å²) in [6.07, 6.45) is 12.0. The van der Waals surface area contributed by atoms with Crippen LogP contribution in [0, 0.1) is 17.8 Å². The van der Waals surface area contributed by atoms with E-state index in [4.69, 9.17) is 24.5 Å². The molecule has 4 heterocycles. The first kappa shape index (κ1) is 24.6. The first-order valence-electron chi connectivity index (χ1n) is 14.0. The average Bonchev–Trinajstić information content (AvgIpc) is 3.63. The number of allylic oxidation sites excluding steroid dienone is 1. The van der Waals surface area contributed by atoms with Gasteiger partial charge in [-0.3, -0.25) is 4.84 Å². The van der Waals surface area contributed by atoms with Gasteiger partial charge in [-0.1, -0.05) is 12.5 Å². The second kappa shape index (κ2) is 10.6. The Morgan fingerprint density at radius 1 is 1.16 bits per heavy atom. The molecule has 2 aliphatic carbocycles. The minimum absolute atomic E-state index is 0.225. The summed E-state index contributed by atoms with van der Waals surface area (Å²) in [6, 6.07) is 0.328. The minimum atomic E-state index is 0.225. The minimum Gasteiger partial charge on any atom is -0.380 e. The van der Waals surface area contributed by atoms with Gasteiger partial charge >= 0.3 is 0 Å². The van der Waals surface area contributed by atoms with Crippen LogP contribution in [0.4, 0.5) is 11.8 Å². The molecule has 200 valence electrons. The van der Waals surface area contributed by atoms with E-state index in [1.807, 2.05) is 0 Å². The molecule has 10 nitrogen and oxygen atoms in total. The van der Waals surface area contributed by atoms with Crippen LogP contribution in [0.5, 0.6) is 0 Å². The molecule has 0 aromatic carbocycles. The van der Waals surface area contributed by atoms with Gasteiger partial charge in [-0.15, -0.1) is 6.58 Å². The summed E-state index contributed by atoms with van der Waals surface area (Å²) in [7, 11) is 1.80. The van der Waals surface area contributed by atoms with Gasteiger partial charge < -0.3 is 19.5 Å². The summed E-state index contributed by atoms with van der Waals surface area (Å²) in [5.74, 6) is 4.81. The normalized spacial score (nSPS) is 27.1. The summed E-state index contributed by atoms with van der Waals surface area (Å²) in [6.45, 7) is 9.25. The standard InChI is InChI=1S/C27H40N8O2/c1-4-18-8-10-19(11-9-18)14-35-22-23(29-17(2)20-6-5-7-20)30-26(25-28-16-37-33-25)31-24(22)32-27(35)34-13-12-21(15-34)36-3/h4,17-21H,1,5-16H2,2-3H3,(H,28,33)(H,29,30,31). The first-order valence-corrected chi connectivity index (χ1v) is 14.0. The second-order valence-electron chi connectivity index (χ2n) is 11.2. The molecule has 37 heavy (non-hydrogen) atoms. The van der Waals surface area contributed by atoms with E-state index in [2.05, 4.69) is 44.8 Å². The summed E-state index contributed by atoms with van der Waals surface area (Å²) < 4.78 is 8.09. The highest BCUT2D eigenvalue weighted by Crippen LogP contribution is 2.36. The van der Waals surface area contributed by atoms with Crippen molar-refractivity contribution in [3.05, 3.63) is 18.5 Å². The number of fused-ring (bicyclic) bond motifs is 1. The molecule has 6 rings (SSSR count). The number of nitrogens with zero attached hydrogens (tertiary/aromatic N) is 6. The van der Waals surface area contributed by atoms with Gasteiger partial charge in [-0.2, -0.15) is 4.98 Å². The quantitative estimate of drug-likeness (QED) is 0.492. The molecule has 4 aliphatic rings. The van der Waals surface area contributed by atoms with Crippen LogP contribution in [-0.2, 0) is 16.1 Å². The number of hydrogen-bond donors (Lipinski definition) is 2. The van der Waals surface area contributed by atoms with Crippen molar-refractivity contribution in [3.63, 3.8) is 0 Å². The summed E-state index contributed by atoms with van der Waals surface area (Å²) in [5, 5.41) is 3.78. The van der Waals surface area contributed by atoms with Crippen molar-refractivity contribution >= 4 is 28.8 Å². The number of imidazole rings is 1. The largest absolute Gasteiger partial charge is 0.380 e. The number of anilines is 2. The Labute approximate surface area is 218 Å². The van der Waals surface area contributed by atoms with Gasteiger partial charge in [0.2, 0.25) is 11.8 Å². The Morgan fingerprint density at radius 3 is 2.65 bits per heavy atom. The van der Waals surface area contributed by atoms with Crippen LogP contribution >= 0.6 is 0 Å². The van der Waals surface area contributed by atoms with Gasteiger partial charge in [0, 0.05) is 32.8 Å². The molecule has 2 aliphatic heterocycles. The molecular weight excluding hydrogens is 468 g/mol. The molecule has 2 saturated carbocycles. The average molecular weight is 509 g/mol. The van der Waals surface area contributed by atoms with Crippen LogP contribution in [0.2, 0.25) is 0 Å². The van der Waals surface area contributed by atoms with E-state index in [1.165, 1.54) is 44.9 Å². The molecule has 0 bridgehead atoms. The molecule has 3 fully saturated rings. The number of hydrogen-bond acceptors (Lipinski definition) is 9. The first-order chi connectivity index (χ1) is 18.1. The monoisotopic (exact) mass is 508 g/mol. The van der Waals surface area contributed by atoms with Crippen molar-refractivity contribution in [3.8, 4) is 0 Å². The number of methoxy groups -OCH3 is 1. The number of aromatic nitrogens is 4. The van der Waals surface area contributed by atoms with Crippen LogP contribution in [-0.4, -0.2) is 64.4 Å². The number of nitrogens with one attached hydrogen (secondary N) is 2. The fourth-order valence-corrected chi connectivity index (χ4v) is 6.23. The lowest BCUT2D eigenvalue weighted by atomic mass is 9.80. The number of aliphatic imine (C=N–C) groups is 1. The van der Waals surface area contributed by atoms with E-state index in [1.54, 1.807) is 7.11 Å². The zero-order chi connectivity index (χ0) is 25.4. The van der Waals surface area contributed by atoms with Crippen molar-refractivity contribution in [2.45, 2.75) is 77.0 Å². The van der Waals surface area contributed by atoms with Gasteiger partial charge in [0.05, 0.1) is 6.10 Å². The van der Waals surface area contributed by atoms with E-state index in [0.29, 0.717) is 41.1 Å². The maximum atomic E-state index is 5.69. The van der Waals surface area contributed by atoms with Gasteiger partial charge in [0.15, 0.2) is 24.0 Å². The molecule has 0 spiro atoms. The topological polar surface area (TPSA) is 102 Å². The van der Waals surface area contributed by atoms with Gasteiger partial charge in [-0.05, 0) is 69.6 Å². The molecule has 1 saturated heterocycles. The Kier molecular flexibility index (Phi) is 7.03. The van der Waals surface area contributed by atoms with Crippen LogP contribution in [0.25, 0.3) is 11.2 Å². The maximum Gasteiger partial charge on any atom is 0.208 e. The number of amidine groups is 1. The van der Waals surface area contributed by atoms with E-state index < -0.39 is 0 Å². The van der Waals surface area contributed by atoms with E-state index in [9.17, 15) is 0 Å². The SMILES string of the molecule is C=CC1CCC(Cn2c(N3CCC(OC)C3)nc3nc(C4=NCON4)nc(NC(C)C4CCC4)c32)CC1. The van der Waals surface area contributed by atoms with Crippen LogP contribution in [0.15, 0.2) is 17.6 Å². The molecule has 2 unspecified atom stereocenters.